The van der Waals surface area contributed by atoms with Crippen molar-refractivity contribution in [1.82, 2.24) is 30.2 Å². The van der Waals surface area contributed by atoms with Crippen molar-refractivity contribution in [2.75, 3.05) is 158 Å². The van der Waals surface area contributed by atoms with Crippen LogP contribution in [0, 0.1) is 6.92 Å². The van der Waals surface area contributed by atoms with Crippen molar-refractivity contribution in [3.8, 4) is 0 Å². The van der Waals surface area contributed by atoms with Crippen LogP contribution in [-0.2, 0) is 103 Å². The van der Waals surface area contributed by atoms with Crippen LogP contribution in [0.4, 0.5) is 0 Å². The largest absolute Gasteiger partial charge is 0.480 e. The van der Waals surface area contributed by atoms with Crippen LogP contribution in [0.2, 0.25) is 0 Å². The quantitative estimate of drug-likeness (QED) is 0.0372. The zero-order valence-corrected chi connectivity index (χ0v) is 43.3. The SMILES string of the molecule is [CH2-]CCCC(=O)NC(CCCc1ccc(CC2CN(CC(=O)O)CCN(CC(=O)O)CCN(CC(=O)O)CCN2CC(=O)O)cc1)C(=O)NCCOCCOCCOCCOCCOCCOC.[Y]. The fourth-order valence-electron chi connectivity index (χ4n) is 7.29. The molecule has 2 atom stereocenters. The number of unbranched alkanes of at least 4 members (excludes halogenated alkanes) is 1. The molecule has 1 radical (unpaired) electrons. The molecule has 2 unspecified atom stereocenters. The Hall–Kier alpha value is -3.26. The van der Waals surface area contributed by atoms with Gasteiger partial charge >= 0.3 is 23.9 Å². The van der Waals surface area contributed by atoms with E-state index in [1.54, 1.807) is 26.7 Å². The van der Waals surface area contributed by atoms with E-state index >= 15 is 0 Å². The zero-order chi connectivity index (χ0) is 49.8. The summed E-state index contributed by atoms with van der Waals surface area (Å²) in [6, 6.07) is 6.47. The van der Waals surface area contributed by atoms with Gasteiger partial charge < -0.3 is 66.4 Å². The number of carbonyl (C=O) groups excluding carboxylic acids is 2. The molecule has 69 heavy (non-hydrogen) atoms. The minimum absolute atomic E-state index is 0. The Morgan fingerprint density at radius 1 is 0.623 bits per heavy atom. The molecule has 0 spiro atoms. The number of carboxylic acids is 4. The number of nitrogens with one attached hydrogen (secondary N) is 2. The van der Waals surface area contributed by atoms with E-state index in [9.17, 15) is 49.2 Å². The number of aliphatic carboxylic acids is 4. The van der Waals surface area contributed by atoms with E-state index in [2.05, 4.69) is 17.6 Å². The van der Waals surface area contributed by atoms with E-state index in [-0.39, 0.29) is 136 Å². The minimum atomic E-state index is -1.09. The smallest absolute Gasteiger partial charge is 0.317 e. The first-order valence-corrected chi connectivity index (χ1v) is 23.4. The number of carbonyl (C=O) groups is 6. The number of hydrogen-bond donors (Lipinski definition) is 6. The first-order valence-electron chi connectivity index (χ1n) is 23.4. The number of carboxylic acid groups (broad SMARTS) is 4. The molecule has 1 fully saturated rings. The van der Waals surface area contributed by atoms with Crippen molar-refractivity contribution in [3.05, 3.63) is 42.3 Å². The first kappa shape index (κ1) is 63.8. The molecule has 0 aromatic heterocycles. The van der Waals surface area contributed by atoms with E-state index in [0.717, 1.165) is 11.1 Å². The third-order valence-corrected chi connectivity index (χ3v) is 10.8. The predicted octanol–water partition coefficient (Wildman–Crippen LogP) is -0.187. The Morgan fingerprint density at radius 2 is 1.07 bits per heavy atom. The second kappa shape index (κ2) is 40.4. The van der Waals surface area contributed by atoms with Crippen LogP contribution in [0.5, 0.6) is 0 Å². The molecule has 0 saturated carbocycles. The summed E-state index contributed by atoms with van der Waals surface area (Å²) in [5.74, 6) is -4.86. The number of ether oxygens (including phenoxy) is 6. The molecular formula is C46H77N6O16Y-. The summed E-state index contributed by atoms with van der Waals surface area (Å²) in [5, 5.41) is 44.5. The van der Waals surface area contributed by atoms with Crippen LogP contribution in [-0.4, -0.2) is 246 Å². The van der Waals surface area contributed by atoms with Crippen LogP contribution in [0.25, 0.3) is 0 Å². The molecule has 2 rings (SSSR count). The second-order valence-electron chi connectivity index (χ2n) is 16.3. The molecule has 22 nitrogen and oxygen atoms in total. The third kappa shape index (κ3) is 33.1. The molecule has 1 aromatic carbocycles. The van der Waals surface area contributed by atoms with Crippen LogP contribution >= 0.6 is 0 Å². The maximum absolute atomic E-state index is 13.2. The summed E-state index contributed by atoms with van der Waals surface area (Å²) in [6.45, 7) is 8.82. The van der Waals surface area contributed by atoms with Crippen molar-refractivity contribution in [2.45, 2.75) is 57.0 Å². The molecule has 1 heterocycles. The van der Waals surface area contributed by atoms with Crippen molar-refractivity contribution >= 4 is 35.7 Å². The van der Waals surface area contributed by atoms with Crippen LogP contribution in [0.1, 0.15) is 43.2 Å². The Labute approximate surface area is 431 Å². The Balaban J connectivity index is 0.0000238. The number of nitrogens with zero attached hydrogens (tertiary/aromatic N) is 4. The average Bonchev–Trinajstić information content (AvgIpc) is 3.28. The summed E-state index contributed by atoms with van der Waals surface area (Å²) in [6.07, 6.45) is 3.34. The normalized spacial score (nSPS) is 16.1. The van der Waals surface area contributed by atoms with E-state index in [1.807, 2.05) is 24.3 Å². The fraction of sp³-hybridized carbons (Fsp3) is 0.717. The maximum atomic E-state index is 13.2. The number of benzene rings is 1. The Bertz CT molecular complexity index is 1580. The van der Waals surface area contributed by atoms with Gasteiger partial charge in [0.1, 0.15) is 6.04 Å². The number of amides is 2. The van der Waals surface area contributed by atoms with Gasteiger partial charge in [0.05, 0.1) is 98.9 Å². The molecular weight excluding hydrogens is 981 g/mol. The predicted molar refractivity (Wildman–Crippen MR) is 248 cm³/mol. The van der Waals surface area contributed by atoms with Gasteiger partial charge in [0.2, 0.25) is 11.8 Å². The van der Waals surface area contributed by atoms with Gasteiger partial charge in [-0.25, -0.2) is 0 Å². The van der Waals surface area contributed by atoms with Gasteiger partial charge in [-0.2, -0.15) is 6.42 Å². The topological polar surface area (TPSA) is 276 Å². The van der Waals surface area contributed by atoms with Crippen molar-refractivity contribution in [2.24, 2.45) is 0 Å². The first-order chi connectivity index (χ1) is 32.8. The molecule has 1 saturated heterocycles. The molecule has 0 aliphatic carbocycles. The zero-order valence-electron chi connectivity index (χ0n) is 40.4. The standard InChI is InChI=1S/C46H77N6O16.Y/c1-3-4-8-41(53)48-40(46(62)47-13-20-64-23-24-66-27-28-68-30-29-67-26-25-65-22-21-63-2)7-5-6-37-9-11-38(12-10-37)31-39-32-51(35-44(58)59)17-16-49(33-42(54)55)14-15-50(34-43(56)57)18-19-52(39)36-45(60)61;/h9-12,39-40H,1,3-8,13-36H2,2H3,(H,47,62)(H,48,53)(H,54,55)(H,56,57)(H,58,59)(H,60,61);/q-1;. The van der Waals surface area contributed by atoms with Gasteiger partial charge in [-0.05, 0) is 36.8 Å². The Kier molecular flexibility index (Phi) is 37.3. The molecule has 2 amide bonds. The molecule has 0 bridgehead atoms. The van der Waals surface area contributed by atoms with Gasteiger partial charge in [-0.15, -0.1) is 0 Å². The molecule has 1 aliphatic heterocycles. The molecule has 391 valence electrons. The summed E-state index contributed by atoms with van der Waals surface area (Å²) in [7, 11) is 1.62. The molecule has 1 aliphatic rings. The van der Waals surface area contributed by atoms with E-state index in [0.29, 0.717) is 105 Å². The average molecular weight is 1060 g/mol. The molecule has 1 aromatic rings. The number of rotatable bonds is 37. The van der Waals surface area contributed by atoms with Gasteiger partial charge in [0.25, 0.3) is 0 Å². The van der Waals surface area contributed by atoms with Gasteiger partial charge in [-0.1, -0.05) is 30.7 Å². The number of methoxy groups -OCH3 is 1. The molecule has 6 N–H and O–H groups in total. The summed E-state index contributed by atoms with van der Waals surface area (Å²) < 4.78 is 32.3. The van der Waals surface area contributed by atoms with Crippen molar-refractivity contribution in [3.63, 3.8) is 0 Å². The monoisotopic (exact) mass is 1060 g/mol. The Morgan fingerprint density at radius 3 is 1.57 bits per heavy atom. The number of hydrogen-bond acceptors (Lipinski definition) is 16. The molecule has 23 heteroatoms. The minimum Gasteiger partial charge on any atom is -0.480 e. The summed E-state index contributed by atoms with van der Waals surface area (Å²) in [4.78, 5) is 80.0. The number of aryl methyl sites for hydroxylation is 1. The van der Waals surface area contributed by atoms with Crippen LogP contribution in [0.15, 0.2) is 24.3 Å². The maximum Gasteiger partial charge on any atom is 0.317 e. The van der Waals surface area contributed by atoms with E-state index in [4.69, 9.17) is 28.4 Å². The van der Waals surface area contributed by atoms with Gasteiger partial charge in [-0.3, -0.25) is 48.4 Å². The fourth-order valence-corrected chi connectivity index (χ4v) is 7.29. The van der Waals surface area contributed by atoms with Crippen molar-refractivity contribution < 1.29 is 110 Å². The van der Waals surface area contributed by atoms with E-state index < -0.39 is 36.0 Å². The van der Waals surface area contributed by atoms with Crippen LogP contribution in [0.3, 0.4) is 0 Å². The van der Waals surface area contributed by atoms with Crippen LogP contribution < -0.4 is 10.6 Å². The van der Waals surface area contributed by atoms with Gasteiger partial charge in [0.15, 0.2) is 0 Å². The third-order valence-electron chi connectivity index (χ3n) is 10.8. The van der Waals surface area contributed by atoms with E-state index in [1.165, 1.54) is 0 Å². The van der Waals surface area contributed by atoms with Crippen molar-refractivity contribution in [1.29, 1.82) is 0 Å². The van der Waals surface area contributed by atoms with Gasteiger partial charge in [0, 0.05) is 105 Å². The second-order valence-corrected chi connectivity index (χ2v) is 16.3. The summed E-state index contributed by atoms with van der Waals surface area (Å²) in [5.41, 5.74) is 1.83. The summed E-state index contributed by atoms with van der Waals surface area (Å²) >= 11 is 0.